The predicted molar refractivity (Wildman–Crippen MR) is 104 cm³/mol. The van der Waals surface area contributed by atoms with Gasteiger partial charge < -0.3 is 14.7 Å². The number of ketones is 1. The van der Waals surface area contributed by atoms with Gasteiger partial charge in [0.25, 0.3) is 0 Å². The summed E-state index contributed by atoms with van der Waals surface area (Å²) in [6.07, 6.45) is 1.53. The minimum atomic E-state index is -0.985. The molecular weight excluding hydrogens is 358 g/mol. The highest BCUT2D eigenvalue weighted by atomic mass is 16.5. The number of nitrogens with zero attached hydrogens (tertiary/aromatic N) is 1. The van der Waals surface area contributed by atoms with Crippen molar-refractivity contribution >= 4 is 17.7 Å². The van der Waals surface area contributed by atoms with Gasteiger partial charge in [-0.25, -0.2) is 4.79 Å². The fourth-order valence-corrected chi connectivity index (χ4v) is 3.43. The van der Waals surface area contributed by atoms with Crippen LogP contribution in [0.15, 0.2) is 48.5 Å². The monoisotopic (exact) mass is 381 g/mol. The maximum absolute atomic E-state index is 12.7. The molecule has 146 valence electrons. The first-order chi connectivity index (χ1) is 13.5. The summed E-state index contributed by atoms with van der Waals surface area (Å²) in [6, 6.07) is 13.5. The van der Waals surface area contributed by atoms with Crippen molar-refractivity contribution in [2.45, 2.75) is 19.3 Å². The lowest BCUT2D eigenvalue weighted by Gasteiger charge is -2.31. The molecular formula is C22H23NO5. The summed E-state index contributed by atoms with van der Waals surface area (Å²) >= 11 is 0. The molecule has 1 aliphatic rings. The van der Waals surface area contributed by atoms with Crippen molar-refractivity contribution in [3.8, 4) is 5.75 Å². The number of aromatic carboxylic acids is 1. The zero-order valence-electron chi connectivity index (χ0n) is 15.8. The molecule has 0 bridgehead atoms. The van der Waals surface area contributed by atoms with Gasteiger partial charge in [0.2, 0.25) is 5.91 Å². The van der Waals surface area contributed by atoms with Crippen LogP contribution in [0.1, 0.15) is 39.1 Å². The van der Waals surface area contributed by atoms with Gasteiger partial charge in [0.1, 0.15) is 5.75 Å². The summed E-state index contributed by atoms with van der Waals surface area (Å²) < 4.78 is 5.12. The first-order valence-corrected chi connectivity index (χ1v) is 9.26. The van der Waals surface area contributed by atoms with Gasteiger partial charge in [-0.3, -0.25) is 9.59 Å². The molecule has 2 aromatic rings. The smallest absolute Gasteiger partial charge is 0.335 e. The van der Waals surface area contributed by atoms with Crippen molar-refractivity contribution in [3.63, 3.8) is 0 Å². The second-order valence-corrected chi connectivity index (χ2v) is 6.93. The Labute approximate surface area is 163 Å². The molecule has 0 atom stereocenters. The number of carboxylic acids is 1. The molecule has 1 saturated heterocycles. The van der Waals surface area contributed by atoms with E-state index >= 15 is 0 Å². The molecule has 28 heavy (non-hydrogen) atoms. The molecule has 0 radical (unpaired) electrons. The molecule has 6 nitrogen and oxygen atoms in total. The molecule has 2 aromatic carbocycles. The van der Waals surface area contributed by atoms with Gasteiger partial charge in [-0.15, -0.1) is 0 Å². The van der Waals surface area contributed by atoms with Crippen molar-refractivity contribution in [2.24, 2.45) is 5.92 Å². The Morgan fingerprint density at radius 2 is 1.54 bits per heavy atom. The Morgan fingerprint density at radius 1 is 0.964 bits per heavy atom. The number of amides is 1. The Morgan fingerprint density at radius 3 is 2.07 bits per heavy atom. The second-order valence-electron chi connectivity index (χ2n) is 6.93. The number of likely N-dealkylation sites (tertiary alicyclic amines) is 1. The third kappa shape index (κ3) is 4.57. The molecule has 0 saturated carbocycles. The number of Topliss-reactive ketones (excluding diaryl/α,β-unsaturated/α-hetero) is 1. The fourth-order valence-electron chi connectivity index (χ4n) is 3.43. The minimum absolute atomic E-state index is 0.00146. The van der Waals surface area contributed by atoms with Crippen molar-refractivity contribution in [1.82, 2.24) is 4.90 Å². The van der Waals surface area contributed by atoms with Gasteiger partial charge in [0.05, 0.1) is 19.1 Å². The second kappa shape index (κ2) is 8.69. The summed E-state index contributed by atoms with van der Waals surface area (Å²) in [5.74, 6) is -0.237. The first kappa shape index (κ1) is 19.6. The Kier molecular flexibility index (Phi) is 6.09. The highest BCUT2D eigenvalue weighted by Crippen LogP contribution is 2.23. The van der Waals surface area contributed by atoms with E-state index in [-0.39, 0.29) is 29.6 Å². The molecule has 3 rings (SSSR count). The van der Waals surface area contributed by atoms with Crippen molar-refractivity contribution < 1.29 is 24.2 Å². The largest absolute Gasteiger partial charge is 0.497 e. The summed E-state index contributed by atoms with van der Waals surface area (Å²) in [7, 11) is 1.59. The lowest BCUT2D eigenvalue weighted by atomic mass is 9.88. The summed E-state index contributed by atoms with van der Waals surface area (Å²) in [5.41, 5.74) is 1.66. The summed E-state index contributed by atoms with van der Waals surface area (Å²) in [6.45, 7) is 1.11. The molecule has 6 heteroatoms. The summed E-state index contributed by atoms with van der Waals surface area (Å²) in [4.78, 5) is 37.8. The Balaban J connectivity index is 1.53. The van der Waals surface area contributed by atoms with E-state index in [0.29, 0.717) is 37.2 Å². The highest BCUT2D eigenvalue weighted by molar-refractivity contribution is 5.98. The van der Waals surface area contributed by atoms with E-state index in [1.807, 2.05) is 0 Å². The lowest BCUT2D eigenvalue weighted by molar-refractivity contribution is -0.131. The third-order valence-electron chi connectivity index (χ3n) is 5.15. The van der Waals surface area contributed by atoms with E-state index in [1.165, 1.54) is 12.1 Å². The molecule has 1 amide bonds. The number of carbonyl (C=O) groups is 3. The van der Waals surface area contributed by atoms with Crippen LogP contribution in [0.5, 0.6) is 5.75 Å². The molecule has 1 N–H and O–H groups in total. The molecule has 0 spiro atoms. The molecule has 0 aromatic heterocycles. The van der Waals surface area contributed by atoms with Crippen LogP contribution >= 0.6 is 0 Å². The van der Waals surface area contributed by atoms with Crippen molar-refractivity contribution in [3.05, 3.63) is 65.2 Å². The standard InChI is InChI=1S/C22H23NO5/c1-28-19-8-6-16(7-9-19)21(25)17-10-12-23(13-11-17)20(24)14-15-2-4-18(5-3-15)22(26)27/h2-9,17H,10-14H2,1H3,(H,26,27). The van der Waals surface area contributed by atoms with Crippen LogP contribution in [0.25, 0.3) is 0 Å². The maximum atomic E-state index is 12.7. The van der Waals surface area contributed by atoms with Crippen LogP contribution in [-0.2, 0) is 11.2 Å². The van der Waals surface area contributed by atoms with Gasteiger partial charge in [-0.2, -0.15) is 0 Å². The van der Waals surface area contributed by atoms with Gasteiger partial charge in [0, 0.05) is 24.6 Å². The zero-order chi connectivity index (χ0) is 20.1. The number of ether oxygens (including phenoxy) is 1. The lowest BCUT2D eigenvalue weighted by Crippen LogP contribution is -2.41. The predicted octanol–water partition coefficient (Wildman–Crippen LogP) is 3.06. The number of carbonyl (C=O) groups excluding carboxylic acids is 2. The maximum Gasteiger partial charge on any atom is 0.335 e. The van der Waals surface area contributed by atoms with E-state index in [4.69, 9.17) is 9.84 Å². The normalized spacial score (nSPS) is 14.5. The minimum Gasteiger partial charge on any atom is -0.497 e. The average molecular weight is 381 g/mol. The van der Waals surface area contributed by atoms with E-state index in [0.717, 1.165) is 5.56 Å². The Hall–Kier alpha value is -3.15. The molecule has 1 fully saturated rings. The van der Waals surface area contributed by atoms with Crippen LogP contribution in [0.2, 0.25) is 0 Å². The van der Waals surface area contributed by atoms with Crippen LogP contribution in [-0.4, -0.2) is 47.9 Å². The topological polar surface area (TPSA) is 83.9 Å². The fraction of sp³-hybridized carbons (Fsp3) is 0.318. The number of hydrogen-bond acceptors (Lipinski definition) is 4. The van der Waals surface area contributed by atoms with E-state index in [2.05, 4.69) is 0 Å². The van der Waals surface area contributed by atoms with E-state index in [9.17, 15) is 14.4 Å². The number of hydrogen-bond donors (Lipinski definition) is 1. The number of carboxylic acid groups (broad SMARTS) is 1. The van der Waals surface area contributed by atoms with Gasteiger partial charge in [-0.05, 0) is 54.8 Å². The third-order valence-corrected chi connectivity index (χ3v) is 5.15. The summed E-state index contributed by atoms with van der Waals surface area (Å²) in [5, 5.41) is 8.93. The van der Waals surface area contributed by atoms with Crippen LogP contribution < -0.4 is 4.74 Å². The quantitative estimate of drug-likeness (QED) is 0.778. The number of benzene rings is 2. The number of rotatable bonds is 6. The number of methoxy groups -OCH3 is 1. The van der Waals surface area contributed by atoms with Gasteiger partial charge >= 0.3 is 5.97 Å². The van der Waals surface area contributed by atoms with Crippen LogP contribution in [0.4, 0.5) is 0 Å². The van der Waals surface area contributed by atoms with Crippen LogP contribution in [0.3, 0.4) is 0 Å². The first-order valence-electron chi connectivity index (χ1n) is 9.26. The van der Waals surface area contributed by atoms with Crippen molar-refractivity contribution in [1.29, 1.82) is 0 Å². The van der Waals surface area contributed by atoms with Gasteiger partial charge in [-0.1, -0.05) is 12.1 Å². The van der Waals surface area contributed by atoms with E-state index < -0.39 is 5.97 Å². The SMILES string of the molecule is COc1ccc(C(=O)C2CCN(C(=O)Cc3ccc(C(=O)O)cc3)CC2)cc1. The molecule has 0 aliphatic carbocycles. The van der Waals surface area contributed by atoms with Gasteiger partial charge in [0.15, 0.2) is 5.78 Å². The highest BCUT2D eigenvalue weighted by Gasteiger charge is 2.28. The number of piperidine rings is 1. The van der Waals surface area contributed by atoms with Crippen LogP contribution in [0, 0.1) is 5.92 Å². The zero-order valence-corrected chi connectivity index (χ0v) is 15.8. The molecule has 1 heterocycles. The molecule has 1 aliphatic heterocycles. The van der Waals surface area contributed by atoms with E-state index in [1.54, 1.807) is 48.4 Å². The Bertz CT molecular complexity index is 850. The molecule has 0 unspecified atom stereocenters. The van der Waals surface area contributed by atoms with Crippen molar-refractivity contribution in [2.75, 3.05) is 20.2 Å². The average Bonchev–Trinajstić information content (AvgIpc) is 2.73.